The molecule has 32 heavy (non-hydrogen) atoms. The van der Waals surface area contributed by atoms with Gasteiger partial charge in [-0.05, 0) is 37.3 Å². The lowest BCUT2D eigenvalue weighted by molar-refractivity contribution is 0.0673. The number of hydrogen-bond donors (Lipinski definition) is 0. The Bertz CT molecular complexity index is 1160. The van der Waals surface area contributed by atoms with E-state index in [-0.39, 0.29) is 23.6 Å². The molecule has 0 N–H and O–H groups in total. The van der Waals surface area contributed by atoms with Crippen molar-refractivity contribution in [3.63, 3.8) is 0 Å². The number of piperazine rings is 1. The van der Waals surface area contributed by atoms with Crippen LogP contribution in [0.2, 0.25) is 10.0 Å². The summed E-state index contributed by atoms with van der Waals surface area (Å²) in [6.07, 6.45) is 1.34. The molecule has 2 aromatic carbocycles. The van der Waals surface area contributed by atoms with Crippen LogP contribution < -0.4 is 9.64 Å². The highest BCUT2D eigenvalue weighted by molar-refractivity contribution is 6.42. The number of nitrogens with zero attached hydrogens (tertiary/aromatic N) is 4. The fourth-order valence-corrected chi connectivity index (χ4v) is 3.78. The summed E-state index contributed by atoms with van der Waals surface area (Å²) >= 11 is 12.0. The number of hydrogen-bond acceptors (Lipinski definition) is 5. The van der Waals surface area contributed by atoms with Gasteiger partial charge in [0.05, 0.1) is 10.0 Å². The van der Waals surface area contributed by atoms with E-state index in [2.05, 4.69) is 9.97 Å². The first kappa shape index (κ1) is 22.2. The number of carbonyl (C=O) groups is 1. The highest BCUT2D eigenvalue weighted by Crippen LogP contribution is 2.27. The number of rotatable bonds is 4. The zero-order valence-corrected chi connectivity index (χ0v) is 18.4. The Balaban J connectivity index is 1.45. The van der Waals surface area contributed by atoms with Crippen molar-refractivity contribution in [1.82, 2.24) is 14.9 Å². The molecular formula is C22H18Cl2F2N4O2. The zero-order chi connectivity index (χ0) is 22.8. The molecule has 4 rings (SSSR count). The van der Waals surface area contributed by atoms with Crippen molar-refractivity contribution in [1.29, 1.82) is 0 Å². The predicted molar refractivity (Wildman–Crippen MR) is 118 cm³/mol. The summed E-state index contributed by atoms with van der Waals surface area (Å²) in [5, 5.41) is 0.726. The summed E-state index contributed by atoms with van der Waals surface area (Å²) in [5.74, 6) is -1.16. The second-order valence-electron chi connectivity index (χ2n) is 7.31. The predicted octanol–water partition coefficient (Wildman–Crippen LogP) is 5.20. The molecule has 2 heterocycles. The van der Waals surface area contributed by atoms with Crippen LogP contribution >= 0.6 is 23.2 Å². The molecule has 166 valence electrons. The van der Waals surface area contributed by atoms with E-state index in [9.17, 15) is 13.6 Å². The quantitative estimate of drug-likeness (QED) is 0.515. The SMILES string of the molecule is CC1CN(c2cc(Oc3ccc(F)c(F)c3)ncn2)CCN1C(=O)c1ccc(Cl)c(Cl)c1. The third-order valence-electron chi connectivity index (χ3n) is 5.12. The maximum absolute atomic E-state index is 13.4. The number of amides is 1. The number of halogens is 4. The first-order valence-electron chi connectivity index (χ1n) is 9.78. The topological polar surface area (TPSA) is 58.6 Å². The molecule has 0 spiro atoms. The van der Waals surface area contributed by atoms with Gasteiger partial charge in [0.1, 0.15) is 17.9 Å². The average molecular weight is 479 g/mol. The Morgan fingerprint density at radius 3 is 2.56 bits per heavy atom. The largest absolute Gasteiger partial charge is 0.439 e. The molecule has 1 amide bonds. The molecule has 0 aliphatic carbocycles. The molecule has 1 saturated heterocycles. The number of anilines is 1. The van der Waals surface area contributed by atoms with Crippen LogP contribution in [0, 0.1) is 11.6 Å². The van der Waals surface area contributed by atoms with Gasteiger partial charge in [0.2, 0.25) is 5.88 Å². The van der Waals surface area contributed by atoms with Crippen molar-refractivity contribution in [2.75, 3.05) is 24.5 Å². The summed E-state index contributed by atoms with van der Waals surface area (Å²) in [6.45, 7) is 3.50. The lowest BCUT2D eigenvalue weighted by atomic mass is 10.1. The van der Waals surface area contributed by atoms with Crippen molar-refractivity contribution in [2.24, 2.45) is 0 Å². The molecule has 3 aromatic rings. The number of benzene rings is 2. The minimum atomic E-state index is -1.01. The van der Waals surface area contributed by atoms with Gasteiger partial charge < -0.3 is 14.5 Å². The summed E-state index contributed by atoms with van der Waals surface area (Å²) in [7, 11) is 0. The highest BCUT2D eigenvalue weighted by Gasteiger charge is 2.29. The Hall–Kier alpha value is -2.97. The lowest BCUT2D eigenvalue weighted by Gasteiger charge is -2.40. The van der Waals surface area contributed by atoms with E-state index in [1.165, 1.54) is 12.4 Å². The molecule has 0 radical (unpaired) electrons. The van der Waals surface area contributed by atoms with E-state index in [0.29, 0.717) is 41.1 Å². The van der Waals surface area contributed by atoms with Crippen LogP contribution in [0.4, 0.5) is 14.6 Å². The van der Waals surface area contributed by atoms with Crippen LogP contribution in [0.1, 0.15) is 17.3 Å². The lowest BCUT2D eigenvalue weighted by Crippen LogP contribution is -2.54. The molecule has 10 heteroatoms. The first-order chi connectivity index (χ1) is 15.3. The van der Waals surface area contributed by atoms with Crippen molar-refractivity contribution < 1.29 is 18.3 Å². The molecule has 1 fully saturated rings. The van der Waals surface area contributed by atoms with E-state index < -0.39 is 11.6 Å². The standard InChI is InChI=1S/C22H18Cl2F2N4O2/c1-13-11-29(6-7-30(13)22(31)14-2-4-16(23)17(24)8-14)20-10-21(28-12-27-20)32-15-3-5-18(25)19(26)9-15/h2-5,8-10,12-13H,6-7,11H2,1H3. The molecule has 6 nitrogen and oxygen atoms in total. The van der Waals surface area contributed by atoms with Crippen LogP contribution in [0.5, 0.6) is 11.6 Å². The minimum Gasteiger partial charge on any atom is -0.439 e. The van der Waals surface area contributed by atoms with Gasteiger partial charge in [0.15, 0.2) is 11.6 Å². The molecule has 1 atom stereocenters. The third-order valence-corrected chi connectivity index (χ3v) is 5.86. The highest BCUT2D eigenvalue weighted by atomic mass is 35.5. The van der Waals surface area contributed by atoms with Crippen molar-refractivity contribution in [2.45, 2.75) is 13.0 Å². The van der Waals surface area contributed by atoms with Crippen molar-refractivity contribution in [3.8, 4) is 11.6 Å². The second-order valence-corrected chi connectivity index (χ2v) is 8.13. The molecule has 1 aliphatic heterocycles. The number of aromatic nitrogens is 2. The third kappa shape index (κ3) is 4.76. The van der Waals surface area contributed by atoms with Gasteiger partial charge in [0, 0.05) is 43.4 Å². The molecule has 1 aliphatic rings. The van der Waals surface area contributed by atoms with Gasteiger partial charge in [-0.3, -0.25) is 4.79 Å². The van der Waals surface area contributed by atoms with Crippen LogP contribution in [0.3, 0.4) is 0 Å². The Morgan fingerprint density at radius 1 is 1.03 bits per heavy atom. The van der Waals surface area contributed by atoms with Crippen LogP contribution in [-0.2, 0) is 0 Å². The summed E-state index contributed by atoms with van der Waals surface area (Å²) in [5.41, 5.74) is 0.476. The summed E-state index contributed by atoms with van der Waals surface area (Å²) < 4.78 is 32.1. The fraction of sp³-hybridized carbons (Fsp3) is 0.227. The van der Waals surface area contributed by atoms with Crippen LogP contribution in [-0.4, -0.2) is 46.5 Å². The molecular weight excluding hydrogens is 461 g/mol. The number of ether oxygens (including phenoxy) is 1. The second kappa shape index (κ2) is 9.26. The van der Waals surface area contributed by atoms with Gasteiger partial charge in [-0.1, -0.05) is 23.2 Å². The summed E-state index contributed by atoms with van der Waals surface area (Å²) in [6, 6.07) is 9.59. The van der Waals surface area contributed by atoms with E-state index in [1.54, 1.807) is 29.2 Å². The Kier molecular flexibility index (Phi) is 6.43. The molecule has 1 aromatic heterocycles. The van der Waals surface area contributed by atoms with Gasteiger partial charge in [-0.25, -0.2) is 18.7 Å². The zero-order valence-electron chi connectivity index (χ0n) is 16.9. The fourth-order valence-electron chi connectivity index (χ4n) is 3.48. The smallest absolute Gasteiger partial charge is 0.254 e. The van der Waals surface area contributed by atoms with Gasteiger partial charge in [-0.2, -0.15) is 0 Å². The Morgan fingerprint density at radius 2 is 1.84 bits per heavy atom. The van der Waals surface area contributed by atoms with E-state index in [1.807, 2.05) is 11.8 Å². The van der Waals surface area contributed by atoms with Crippen LogP contribution in [0.15, 0.2) is 48.8 Å². The average Bonchev–Trinajstić information content (AvgIpc) is 2.78. The van der Waals surface area contributed by atoms with E-state index >= 15 is 0 Å². The summed E-state index contributed by atoms with van der Waals surface area (Å²) in [4.78, 5) is 25.0. The molecule has 1 unspecified atom stereocenters. The molecule has 0 saturated carbocycles. The normalized spacial score (nSPS) is 16.2. The van der Waals surface area contributed by atoms with Crippen molar-refractivity contribution in [3.05, 3.63) is 76.0 Å². The Labute approximate surface area is 193 Å². The van der Waals surface area contributed by atoms with E-state index in [4.69, 9.17) is 27.9 Å². The van der Waals surface area contributed by atoms with Crippen molar-refractivity contribution >= 4 is 34.9 Å². The maximum atomic E-state index is 13.4. The van der Waals surface area contributed by atoms with Crippen LogP contribution in [0.25, 0.3) is 0 Å². The minimum absolute atomic E-state index is 0.101. The first-order valence-corrected chi connectivity index (χ1v) is 10.5. The van der Waals surface area contributed by atoms with E-state index in [0.717, 1.165) is 12.1 Å². The molecule has 0 bridgehead atoms. The maximum Gasteiger partial charge on any atom is 0.254 e. The van der Waals surface area contributed by atoms with Gasteiger partial charge in [0.25, 0.3) is 5.91 Å². The number of carbonyl (C=O) groups excluding carboxylic acids is 1. The van der Waals surface area contributed by atoms with Gasteiger partial charge >= 0.3 is 0 Å². The van der Waals surface area contributed by atoms with Gasteiger partial charge in [-0.15, -0.1) is 0 Å². The monoisotopic (exact) mass is 478 g/mol.